The molecule has 1 N–H and O–H groups in total. The molecule has 3 nitrogen and oxygen atoms in total. The van der Waals surface area contributed by atoms with Gasteiger partial charge in [-0.25, -0.2) is 0 Å². The van der Waals surface area contributed by atoms with Crippen LogP contribution >= 0.6 is 0 Å². The Hall–Kier alpha value is -1.35. The van der Waals surface area contributed by atoms with Gasteiger partial charge in [-0.2, -0.15) is 0 Å². The number of hydrogen-bond donors (Lipinski definition) is 1. The van der Waals surface area contributed by atoms with E-state index in [1.54, 1.807) is 0 Å². The topological polar surface area (TPSA) is 32.3 Å². The molecule has 1 aromatic carbocycles. The second-order valence-corrected chi connectivity index (χ2v) is 7.47. The molecule has 3 heteroatoms. The molecule has 2 aliphatic heterocycles. The average molecular weight is 312 g/mol. The van der Waals surface area contributed by atoms with Crippen molar-refractivity contribution in [3.8, 4) is 0 Å². The van der Waals surface area contributed by atoms with Crippen LogP contribution in [0, 0.1) is 5.92 Å². The fourth-order valence-electron chi connectivity index (χ4n) is 4.90. The molecule has 1 saturated carbocycles. The van der Waals surface area contributed by atoms with Crippen LogP contribution in [0.15, 0.2) is 24.3 Å². The molecule has 0 aromatic heterocycles. The Morgan fingerprint density at radius 2 is 1.87 bits per heavy atom. The van der Waals surface area contributed by atoms with Gasteiger partial charge < -0.3 is 10.2 Å². The number of carbonyl (C=O) groups is 1. The summed E-state index contributed by atoms with van der Waals surface area (Å²) in [5.74, 6) is 1.00. The molecule has 23 heavy (non-hydrogen) atoms. The van der Waals surface area contributed by atoms with Crippen LogP contribution in [0.3, 0.4) is 0 Å². The fourth-order valence-corrected chi connectivity index (χ4v) is 4.90. The number of nitrogens with zero attached hydrogens (tertiary/aromatic N) is 1. The van der Waals surface area contributed by atoms with Crippen molar-refractivity contribution < 1.29 is 4.79 Å². The number of carbonyl (C=O) groups excluding carboxylic acids is 1. The number of benzene rings is 1. The normalized spacial score (nSPS) is 28.6. The summed E-state index contributed by atoms with van der Waals surface area (Å²) < 4.78 is 0. The van der Waals surface area contributed by atoms with Gasteiger partial charge in [0.2, 0.25) is 5.91 Å². The van der Waals surface area contributed by atoms with Crippen LogP contribution in [0.5, 0.6) is 0 Å². The van der Waals surface area contributed by atoms with Crippen LogP contribution in [0.25, 0.3) is 0 Å². The van der Waals surface area contributed by atoms with Crippen LogP contribution in [0.4, 0.5) is 0 Å². The molecule has 1 amide bonds. The van der Waals surface area contributed by atoms with Gasteiger partial charge in [0.25, 0.3) is 0 Å². The van der Waals surface area contributed by atoms with E-state index in [0.717, 1.165) is 32.4 Å². The molecule has 1 saturated heterocycles. The molecule has 2 atom stereocenters. The third-order valence-corrected chi connectivity index (χ3v) is 6.07. The fraction of sp³-hybridized carbons (Fsp3) is 0.650. The first-order valence-electron chi connectivity index (χ1n) is 9.46. The number of fused-ring (bicyclic) bond motifs is 1. The first-order valence-corrected chi connectivity index (χ1v) is 9.46. The van der Waals surface area contributed by atoms with Crippen LogP contribution in [0.2, 0.25) is 0 Å². The minimum atomic E-state index is 0.0614. The lowest BCUT2D eigenvalue weighted by Gasteiger charge is -2.44. The van der Waals surface area contributed by atoms with Crippen molar-refractivity contribution in [3.63, 3.8) is 0 Å². The zero-order chi connectivity index (χ0) is 15.6. The van der Waals surface area contributed by atoms with Crippen LogP contribution in [-0.2, 0) is 11.2 Å². The average Bonchev–Trinajstić information content (AvgIpc) is 3.15. The quantitative estimate of drug-likeness (QED) is 0.907. The standard InChI is InChI=1S/C20H28N2O/c23-20(18-11-6-13-21-18)22-14-12-15-7-4-5-10-17(15)19(22)16-8-2-1-3-9-16/h4-5,7,10,16,18-19,21H,1-3,6,8-9,11-14H2. The summed E-state index contributed by atoms with van der Waals surface area (Å²) in [6.07, 6.45) is 9.73. The maximum atomic E-state index is 13.1. The van der Waals surface area contributed by atoms with Crippen molar-refractivity contribution in [3.05, 3.63) is 35.4 Å². The lowest BCUT2D eigenvalue weighted by atomic mass is 9.77. The van der Waals surface area contributed by atoms with E-state index in [0.29, 0.717) is 17.9 Å². The van der Waals surface area contributed by atoms with Crippen LogP contribution < -0.4 is 5.32 Å². The summed E-state index contributed by atoms with van der Waals surface area (Å²) >= 11 is 0. The van der Waals surface area contributed by atoms with E-state index < -0.39 is 0 Å². The molecule has 0 radical (unpaired) electrons. The third kappa shape index (κ3) is 2.91. The van der Waals surface area contributed by atoms with E-state index in [4.69, 9.17) is 0 Å². The second-order valence-electron chi connectivity index (χ2n) is 7.47. The molecular weight excluding hydrogens is 284 g/mol. The third-order valence-electron chi connectivity index (χ3n) is 6.07. The molecule has 1 aromatic rings. The Bertz CT molecular complexity index is 559. The van der Waals surface area contributed by atoms with Crippen molar-refractivity contribution in [2.24, 2.45) is 5.92 Å². The van der Waals surface area contributed by atoms with Gasteiger partial charge in [-0.1, -0.05) is 43.5 Å². The summed E-state index contributed by atoms with van der Waals surface area (Å²) in [5, 5.41) is 3.41. The maximum absolute atomic E-state index is 13.1. The molecule has 0 spiro atoms. The summed E-state index contributed by atoms with van der Waals surface area (Å²) in [5.41, 5.74) is 2.89. The Labute approximate surface area is 139 Å². The molecule has 3 aliphatic rings. The van der Waals surface area contributed by atoms with Crippen molar-refractivity contribution in [1.82, 2.24) is 10.2 Å². The molecule has 124 valence electrons. The molecule has 2 fully saturated rings. The predicted molar refractivity (Wildman–Crippen MR) is 92.2 cm³/mol. The Morgan fingerprint density at radius 1 is 1.04 bits per heavy atom. The molecule has 0 bridgehead atoms. The van der Waals surface area contributed by atoms with E-state index >= 15 is 0 Å². The zero-order valence-electron chi connectivity index (χ0n) is 14.0. The zero-order valence-corrected chi connectivity index (χ0v) is 14.0. The van der Waals surface area contributed by atoms with Crippen molar-refractivity contribution in [2.75, 3.05) is 13.1 Å². The van der Waals surface area contributed by atoms with E-state index in [2.05, 4.69) is 34.5 Å². The molecule has 4 rings (SSSR count). The summed E-state index contributed by atoms with van der Waals surface area (Å²) in [6.45, 7) is 1.89. The van der Waals surface area contributed by atoms with Crippen LogP contribution in [-0.4, -0.2) is 29.9 Å². The highest BCUT2D eigenvalue weighted by Crippen LogP contribution is 2.42. The lowest BCUT2D eigenvalue weighted by Crippen LogP contribution is -2.50. The highest BCUT2D eigenvalue weighted by atomic mass is 16.2. The van der Waals surface area contributed by atoms with Crippen molar-refractivity contribution in [1.29, 1.82) is 0 Å². The van der Waals surface area contributed by atoms with Gasteiger partial charge >= 0.3 is 0 Å². The SMILES string of the molecule is O=C(C1CCCN1)N1CCc2ccccc2C1C1CCCCC1. The Morgan fingerprint density at radius 3 is 2.65 bits per heavy atom. The van der Waals surface area contributed by atoms with Crippen LogP contribution in [0.1, 0.15) is 62.1 Å². The molecule has 2 heterocycles. The molecule has 2 unspecified atom stereocenters. The largest absolute Gasteiger partial charge is 0.334 e. The lowest BCUT2D eigenvalue weighted by molar-refractivity contribution is -0.137. The first kappa shape index (κ1) is 15.2. The monoisotopic (exact) mass is 312 g/mol. The first-order chi connectivity index (χ1) is 11.3. The van der Waals surface area contributed by atoms with Gasteiger partial charge in [0.05, 0.1) is 12.1 Å². The summed E-state index contributed by atoms with van der Waals surface area (Å²) in [7, 11) is 0. The molecule has 1 aliphatic carbocycles. The van der Waals surface area contributed by atoms with Gasteiger partial charge in [0, 0.05) is 6.54 Å². The number of amides is 1. The number of hydrogen-bond acceptors (Lipinski definition) is 2. The number of rotatable bonds is 2. The van der Waals surface area contributed by atoms with E-state index in [1.807, 2.05) is 0 Å². The number of nitrogens with one attached hydrogen (secondary N) is 1. The summed E-state index contributed by atoms with van der Waals surface area (Å²) in [4.78, 5) is 15.4. The highest BCUT2D eigenvalue weighted by Gasteiger charge is 2.39. The Kier molecular flexibility index (Phi) is 4.39. The minimum absolute atomic E-state index is 0.0614. The second kappa shape index (κ2) is 6.64. The summed E-state index contributed by atoms with van der Waals surface area (Å²) in [6, 6.07) is 9.21. The van der Waals surface area contributed by atoms with E-state index in [9.17, 15) is 4.79 Å². The smallest absolute Gasteiger partial charge is 0.240 e. The Balaban J connectivity index is 1.65. The van der Waals surface area contributed by atoms with Gasteiger partial charge in [-0.15, -0.1) is 0 Å². The van der Waals surface area contributed by atoms with Gasteiger partial charge in [0.1, 0.15) is 0 Å². The van der Waals surface area contributed by atoms with E-state index in [-0.39, 0.29) is 6.04 Å². The predicted octanol–water partition coefficient (Wildman–Crippen LogP) is 3.44. The van der Waals surface area contributed by atoms with Crippen molar-refractivity contribution >= 4 is 5.91 Å². The van der Waals surface area contributed by atoms with E-state index in [1.165, 1.54) is 43.2 Å². The minimum Gasteiger partial charge on any atom is -0.334 e. The van der Waals surface area contributed by atoms with Gasteiger partial charge in [0.15, 0.2) is 0 Å². The van der Waals surface area contributed by atoms with Crippen molar-refractivity contribution in [2.45, 2.75) is 63.5 Å². The van der Waals surface area contributed by atoms with Gasteiger partial charge in [-0.05, 0) is 55.7 Å². The molecular formula is C20H28N2O. The highest BCUT2D eigenvalue weighted by molar-refractivity contribution is 5.83. The maximum Gasteiger partial charge on any atom is 0.240 e. The van der Waals surface area contributed by atoms with Gasteiger partial charge in [-0.3, -0.25) is 4.79 Å².